The maximum Gasteiger partial charge on any atom is 0.240 e. The molecule has 1 aliphatic heterocycles. The highest BCUT2D eigenvalue weighted by Gasteiger charge is 2.28. The standard InChI is InChI=1S/C15H21N5O3S/c1-10-7-11(19-23-10)12-5-3-4-6-20(12)8-13(21)16-15-18-17-14(24-15)9-22-2/h7,12H,3-6,8-9H2,1-2H3,(H,16,18,21)/t12-/m1/s1. The van der Waals surface area contributed by atoms with Crippen molar-refractivity contribution >= 4 is 22.4 Å². The highest BCUT2D eigenvalue weighted by molar-refractivity contribution is 7.15. The number of likely N-dealkylation sites (tertiary alicyclic amines) is 1. The molecule has 1 aliphatic rings. The predicted molar refractivity (Wildman–Crippen MR) is 88.7 cm³/mol. The maximum absolute atomic E-state index is 12.3. The number of amides is 1. The van der Waals surface area contributed by atoms with Gasteiger partial charge >= 0.3 is 0 Å². The van der Waals surface area contributed by atoms with E-state index in [9.17, 15) is 4.79 Å². The number of ether oxygens (including phenoxy) is 1. The monoisotopic (exact) mass is 351 g/mol. The number of methoxy groups -OCH3 is 1. The molecule has 1 atom stereocenters. The average Bonchev–Trinajstić information content (AvgIpc) is 3.17. The van der Waals surface area contributed by atoms with Crippen LogP contribution in [0.1, 0.15) is 41.8 Å². The number of hydrogen-bond acceptors (Lipinski definition) is 8. The third-order valence-corrected chi connectivity index (χ3v) is 4.74. The lowest BCUT2D eigenvalue weighted by Gasteiger charge is -2.33. The van der Waals surface area contributed by atoms with Crippen LogP contribution in [0.15, 0.2) is 10.6 Å². The lowest BCUT2D eigenvalue weighted by Crippen LogP contribution is -2.39. The first-order valence-electron chi connectivity index (χ1n) is 7.94. The lowest BCUT2D eigenvalue weighted by atomic mass is 9.99. The molecule has 0 spiro atoms. The number of hydrogen-bond donors (Lipinski definition) is 1. The summed E-state index contributed by atoms with van der Waals surface area (Å²) < 4.78 is 10.2. The zero-order valence-electron chi connectivity index (χ0n) is 13.8. The zero-order valence-corrected chi connectivity index (χ0v) is 14.6. The number of carbonyl (C=O) groups excluding carboxylic acids is 1. The number of carbonyl (C=O) groups is 1. The van der Waals surface area contributed by atoms with Gasteiger partial charge in [0, 0.05) is 13.2 Å². The van der Waals surface area contributed by atoms with Crippen LogP contribution in [0.2, 0.25) is 0 Å². The number of piperidine rings is 1. The van der Waals surface area contributed by atoms with Gasteiger partial charge in [-0.3, -0.25) is 15.0 Å². The van der Waals surface area contributed by atoms with Crippen molar-refractivity contribution in [2.75, 3.05) is 25.5 Å². The highest BCUT2D eigenvalue weighted by Crippen LogP contribution is 2.30. The van der Waals surface area contributed by atoms with Crippen LogP contribution in [0.5, 0.6) is 0 Å². The van der Waals surface area contributed by atoms with Gasteiger partial charge in [0.1, 0.15) is 23.1 Å². The molecule has 1 amide bonds. The minimum Gasteiger partial charge on any atom is -0.377 e. The van der Waals surface area contributed by atoms with E-state index in [-0.39, 0.29) is 11.9 Å². The molecule has 1 saturated heterocycles. The molecule has 130 valence electrons. The Labute approximate surface area is 144 Å². The Morgan fingerprint density at radius 2 is 2.38 bits per heavy atom. The summed E-state index contributed by atoms with van der Waals surface area (Å²) in [4.78, 5) is 14.5. The summed E-state index contributed by atoms with van der Waals surface area (Å²) in [7, 11) is 1.60. The largest absolute Gasteiger partial charge is 0.377 e. The third kappa shape index (κ3) is 4.16. The molecule has 1 fully saturated rings. The van der Waals surface area contributed by atoms with Crippen LogP contribution in [-0.2, 0) is 16.1 Å². The topological polar surface area (TPSA) is 93.4 Å². The molecule has 24 heavy (non-hydrogen) atoms. The third-order valence-electron chi connectivity index (χ3n) is 3.93. The lowest BCUT2D eigenvalue weighted by molar-refractivity contribution is -0.118. The Balaban J connectivity index is 1.60. The van der Waals surface area contributed by atoms with Crippen LogP contribution in [0.4, 0.5) is 5.13 Å². The van der Waals surface area contributed by atoms with Crippen LogP contribution in [0.3, 0.4) is 0 Å². The molecule has 2 aromatic heterocycles. The molecular formula is C15H21N5O3S. The molecule has 0 saturated carbocycles. The molecule has 3 rings (SSSR count). The van der Waals surface area contributed by atoms with Gasteiger partial charge in [-0.25, -0.2) is 0 Å². The van der Waals surface area contributed by atoms with Gasteiger partial charge < -0.3 is 9.26 Å². The first-order chi connectivity index (χ1) is 11.7. The van der Waals surface area contributed by atoms with Crippen molar-refractivity contribution in [1.29, 1.82) is 0 Å². The number of nitrogens with one attached hydrogen (secondary N) is 1. The Morgan fingerprint density at radius 1 is 1.50 bits per heavy atom. The van der Waals surface area contributed by atoms with Crippen LogP contribution in [-0.4, -0.2) is 46.4 Å². The van der Waals surface area contributed by atoms with E-state index in [0.717, 1.165) is 42.3 Å². The fraction of sp³-hybridized carbons (Fsp3) is 0.600. The number of nitrogens with zero attached hydrogens (tertiary/aromatic N) is 4. The molecule has 8 nitrogen and oxygen atoms in total. The molecule has 0 radical (unpaired) electrons. The van der Waals surface area contributed by atoms with Gasteiger partial charge in [-0.1, -0.05) is 22.9 Å². The van der Waals surface area contributed by atoms with Gasteiger partial charge in [0.15, 0.2) is 0 Å². The summed E-state index contributed by atoms with van der Waals surface area (Å²) >= 11 is 1.32. The van der Waals surface area contributed by atoms with E-state index >= 15 is 0 Å². The molecular weight excluding hydrogens is 330 g/mol. The second-order valence-electron chi connectivity index (χ2n) is 5.83. The van der Waals surface area contributed by atoms with Crippen molar-refractivity contribution < 1.29 is 14.1 Å². The number of aromatic nitrogens is 3. The molecule has 1 N–H and O–H groups in total. The fourth-order valence-electron chi connectivity index (χ4n) is 2.89. The second kappa shape index (κ2) is 7.82. The van der Waals surface area contributed by atoms with Crippen LogP contribution in [0.25, 0.3) is 0 Å². The highest BCUT2D eigenvalue weighted by atomic mass is 32.1. The van der Waals surface area contributed by atoms with Crippen LogP contribution >= 0.6 is 11.3 Å². The molecule has 0 aromatic carbocycles. The van der Waals surface area contributed by atoms with Crippen LogP contribution < -0.4 is 5.32 Å². The normalized spacial score (nSPS) is 18.7. The average molecular weight is 351 g/mol. The summed E-state index contributed by atoms with van der Waals surface area (Å²) in [5, 5.41) is 16.1. The van der Waals surface area contributed by atoms with E-state index in [4.69, 9.17) is 9.26 Å². The van der Waals surface area contributed by atoms with Crippen molar-refractivity contribution in [3.63, 3.8) is 0 Å². The van der Waals surface area contributed by atoms with Gasteiger partial charge in [-0.2, -0.15) is 0 Å². The van der Waals surface area contributed by atoms with E-state index < -0.39 is 0 Å². The fourth-order valence-corrected chi connectivity index (χ4v) is 3.62. The molecule has 0 bridgehead atoms. The Kier molecular flexibility index (Phi) is 5.54. The van der Waals surface area contributed by atoms with Crippen molar-refractivity contribution in [3.05, 3.63) is 22.5 Å². The van der Waals surface area contributed by atoms with Crippen molar-refractivity contribution in [1.82, 2.24) is 20.3 Å². The summed E-state index contributed by atoms with van der Waals surface area (Å²) in [6.45, 7) is 3.45. The minimum absolute atomic E-state index is 0.0952. The smallest absolute Gasteiger partial charge is 0.240 e. The Morgan fingerprint density at radius 3 is 3.12 bits per heavy atom. The van der Waals surface area contributed by atoms with Gasteiger partial charge in [0.25, 0.3) is 0 Å². The van der Waals surface area contributed by atoms with E-state index in [1.165, 1.54) is 11.3 Å². The second-order valence-corrected chi connectivity index (χ2v) is 6.89. The number of anilines is 1. The van der Waals surface area contributed by atoms with Crippen molar-refractivity contribution in [2.45, 2.75) is 38.8 Å². The maximum atomic E-state index is 12.3. The van der Waals surface area contributed by atoms with E-state index in [1.54, 1.807) is 7.11 Å². The zero-order chi connectivity index (χ0) is 16.9. The van der Waals surface area contributed by atoms with E-state index in [1.807, 2.05) is 13.0 Å². The van der Waals surface area contributed by atoms with Gasteiger partial charge in [0.2, 0.25) is 11.0 Å². The molecule has 3 heterocycles. The summed E-state index contributed by atoms with van der Waals surface area (Å²) in [6, 6.07) is 2.07. The van der Waals surface area contributed by atoms with E-state index in [2.05, 4.69) is 25.6 Å². The number of aryl methyl sites for hydroxylation is 1. The van der Waals surface area contributed by atoms with Crippen LogP contribution in [0, 0.1) is 6.92 Å². The quantitative estimate of drug-likeness (QED) is 0.852. The van der Waals surface area contributed by atoms with Crippen molar-refractivity contribution in [3.8, 4) is 0 Å². The summed E-state index contributed by atoms with van der Waals surface area (Å²) in [5.41, 5.74) is 0.901. The first-order valence-corrected chi connectivity index (χ1v) is 8.76. The molecule has 9 heteroatoms. The van der Waals surface area contributed by atoms with Gasteiger partial charge in [-0.05, 0) is 26.3 Å². The predicted octanol–water partition coefficient (Wildman–Crippen LogP) is 2.15. The molecule has 2 aromatic rings. The molecule has 0 aliphatic carbocycles. The number of rotatable bonds is 6. The summed E-state index contributed by atoms with van der Waals surface area (Å²) in [5.74, 6) is 0.696. The van der Waals surface area contributed by atoms with E-state index in [0.29, 0.717) is 18.3 Å². The SMILES string of the molecule is COCc1nnc(NC(=O)CN2CCCC[C@@H]2c2cc(C)on2)s1. The summed E-state index contributed by atoms with van der Waals surface area (Å²) in [6.07, 6.45) is 3.19. The Bertz CT molecular complexity index is 686. The molecule has 0 unspecified atom stereocenters. The first kappa shape index (κ1) is 17.0. The Hall–Kier alpha value is -1.84. The van der Waals surface area contributed by atoms with Crippen molar-refractivity contribution in [2.24, 2.45) is 0 Å². The minimum atomic E-state index is -0.0952. The van der Waals surface area contributed by atoms with Gasteiger partial charge in [0.05, 0.1) is 12.6 Å². The van der Waals surface area contributed by atoms with Gasteiger partial charge in [-0.15, -0.1) is 10.2 Å².